The van der Waals surface area contributed by atoms with Gasteiger partial charge in [0.05, 0.1) is 6.04 Å². The molecule has 0 aromatic heterocycles. The predicted octanol–water partition coefficient (Wildman–Crippen LogP) is 3.88. The highest BCUT2D eigenvalue weighted by Crippen LogP contribution is 2.29. The Kier molecular flexibility index (Phi) is 5.09. The Hall–Kier alpha value is -2.33. The van der Waals surface area contributed by atoms with Gasteiger partial charge in [0.15, 0.2) is 0 Å². The molecule has 2 atom stereocenters. The molecule has 1 aliphatic rings. The number of carbonyl (C=O) groups is 2. The van der Waals surface area contributed by atoms with Crippen LogP contribution in [-0.2, 0) is 9.59 Å². The number of benzene rings is 2. The van der Waals surface area contributed by atoms with Crippen molar-refractivity contribution in [2.24, 2.45) is 5.92 Å². The van der Waals surface area contributed by atoms with Crippen molar-refractivity contribution in [3.05, 3.63) is 64.7 Å². The molecular formula is C20H21ClN2O2. The largest absolute Gasteiger partial charge is 0.349 e. The lowest BCUT2D eigenvalue weighted by molar-refractivity contribution is -0.132. The fraction of sp³-hybridized carbons (Fsp3) is 0.300. The van der Waals surface area contributed by atoms with E-state index in [1.807, 2.05) is 56.3 Å². The average molecular weight is 357 g/mol. The van der Waals surface area contributed by atoms with Gasteiger partial charge in [-0.1, -0.05) is 41.9 Å². The molecule has 130 valence electrons. The monoisotopic (exact) mass is 356 g/mol. The second-order valence-electron chi connectivity index (χ2n) is 6.41. The Labute approximate surface area is 152 Å². The van der Waals surface area contributed by atoms with Crippen molar-refractivity contribution in [2.75, 3.05) is 11.4 Å². The van der Waals surface area contributed by atoms with Gasteiger partial charge >= 0.3 is 0 Å². The standard InChI is InChI=1S/C20H21ClN2O2/c1-13-12-16(8-9-18(13)21)23-11-10-17(20(23)25)19(24)22-14(2)15-6-4-3-5-7-15/h3-9,12,14,17H,10-11H2,1-2H3,(H,22,24). The molecule has 0 spiro atoms. The number of carbonyl (C=O) groups excluding carboxylic acids is 2. The highest BCUT2D eigenvalue weighted by molar-refractivity contribution is 6.31. The van der Waals surface area contributed by atoms with E-state index in [4.69, 9.17) is 11.6 Å². The minimum atomic E-state index is -0.637. The minimum absolute atomic E-state index is 0.131. The smallest absolute Gasteiger partial charge is 0.239 e. The summed E-state index contributed by atoms with van der Waals surface area (Å²) in [5.74, 6) is -1.00. The molecule has 0 bridgehead atoms. The lowest BCUT2D eigenvalue weighted by atomic mass is 10.0. The molecule has 1 fully saturated rings. The summed E-state index contributed by atoms with van der Waals surface area (Å²) in [4.78, 5) is 26.9. The van der Waals surface area contributed by atoms with Crippen LogP contribution >= 0.6 is 11.6 Å². The van der Waals surface area contributed by atoms with Crippen LogP contribution in [0.15, 0.2) is 48.5 Å². The second kappa shape index (κ2) is 7.28. The van der Waals surface area contributed by atoms with Gasteiger partial charge in [0.2, 0.25) is 11.8 Å². The quantitative estimate of drug-likeness (QED) is 0.845. The maximum Gasteiger partial charge on any atom is 0.239 e. The zero-order chi connectivity index (χ0) is 18.0. The van der Waals surface area contributed by atoms with E-state index in [9.17, 15) is 9.59 Å². The van der Waals surface area contributed by atoms with Crippen LogP contribution in [0.4, 0.5) is 5.69 Å². The van der Waals surface area contributed by atoms with E-state index in [1.54, 1.807) is 11.0 Å². The molecule has 3 rings (SSSR count). The zero-order valence-electron chi connectivity index (χ0n) is 14.3. The topological polar surface area (TPSA) is 49.4 Å². The number of amides is 2. The third-order valence-corrected chi connectivity index (χ3v) is 5.06. The van der Waals surface area contributed by atoms with Gasteiger partial charge in [-0.15, -0.1) is 0 Å². The number of rotatable bonds is 4. The first-order valence-electron chi connectivity index (χ1n) is 8.40. The van der Waals surface area contributed by atoms with E-state index < -0.39 is 5.92 Å². The van der Waals surface area contributed by atoms with Crippen molar-refractivity contribution >= 4 is 29.1 Å². The van der Waals surface area contributed by atoms with Gasteiger partial charge in [-0.3, -0.25) is 9.59 Å². The maximum atomic E-state index is 12.7. The van der Waals surface area contributed by atoms with Gasteiger partial charge in [-0.05, 0) is 49.6 Å². The van der Waals surface area contributed by atoms with Crippen molar-refractivity contribution in [1.82, 2.24) is 5.32 Å². The summed E-state index contributed by atoms with van der Waals surface area (Å²) in [6.45, 7) is 4.36. The number of halogens is 1. The first-order valence-corrected chi connectivity index (χ1v) is 8.78. The molecular weight excluding hydrogens is 336 g/mol. The van der Waals surface area contributed by atoms with Crippen LogP contribution < -0.4 is 10.2 Å². The SMILES string of the molecule is Cc1cc(N2CCC(C(=O)NC(C)c3ccccc3)C2=O)ccc1Cl. The van der Waals surface area contributed by atoms with Crippen LogP contribution in [0, 0.1) is 12.8 Å². The molecule has 2 aromatic rings. The molecule has 1 N–H and O–H groups in total. The Bertz CT molecular complexity index is 792. The van der Waals surface area contributed by atoms with Gasteiger partial charge in [-0.2, -0.15) is 0 Å². The fourth-order valence-corrected chi connectivity index (χ4v) is 3.23. The van der Waals surface area contributed by atoms with Gasteiger partial charge < -0.3 is 10.2 Å². The van der Waals surface area contributed by atoms with Crippen molar-refractivity contribution in [2.45, 2.75) is 26.3 Å². The Morgan fingerprint density at radius 2 is 1.96 bits per heavy atom. The van der Waals surface area contributed by atoms with E-state index in [2.05, 4.69) is 5.32 Å². The summed E-state index contributed by atoms with van der Waals surface area (Å²) in [5.41, 5.74) is 2.72. The number of aryl methyl sites for hydroxylation is 1. The molecule has 0 radical (unpaired) electrons. The van der Waals surface area contributed by atoms with E-state index in [0.29, 0.717) is 18.0 Å². The molecule has 0 aliphatic carbocycles. The third kappa shape index (κ3) is 3.69. The molecule has 2 aromatic carbocycles. The average Bonchev–Trinajstić information content (AvgIpc) is 2.99. The molecule has 1 heterocycles. The lowest BCUT2D eigenvalue weighted by Gasteiger charge is -2.19. The molecule has 2 unspecified atom stereocenters. The zero-order valence-corrected chi connectivity index (χ0v) is 15.1. The van der Waals surface area contributed by atoms with Crippen LogP contribution in [0.2, 0.25) is 5.02 Å². The van der Waals surface area contributed by atoms with Gasteiger partial charge in [0.25, 0.3) is 0 Å². The van der Waals surface area contributed by atoms with E-state index >= 15 is 0 Å². The molecule has 1 aliphatic heterocycles. The first-order chi connectivity index (χ1) is 12.0. The van der Waals surface area contributed by atoms with Crippen LogP contribution in [0.3, 0.4) is 0 Å². The lowest BCUT2D eigenvalue weighted by Crippen LogP contribution is -2.38. The molecule has 4 nitrogen and oxygen atoms in total. The maximum absolute atomic E-state index is 12.7. The summed E-state index contributed by atoms with van der Waals surface area (Å²) in [6.07, 6.45) is 0.522. The highest BCUT2D eigenvalue weighted by Gasteiger charge is 2.38. The fourth-order valence-electron chi connectivity index (χ4n) is 3.12. The van der Waals surface area contributed by atoms with Crippen molar-refractivity contribution in [3.63, 3.8) is 0 Å². The third-order valence-electron chi connectivity index (χ3n) is 4.63. The summed E-state index contributed by atoms with van der Waals surface area (Å²) in [7, 11) is 0. The normalized spacial score (nSPS) is 18.3. The van der Waals surface area contributed by atoms with E-state index in [-0.39, 0.29) is 17.9 Å². The van der Waals surface area contributed by atoms with Gasteiger partial charge in [-0.25, -0.2) is 0 Å². The molecule has 1 saturated heterocycles. The van der Waals surface area contributed by atoms with Crippen LogP contribution in [0.1, 0.15) is 30.5 Å². The number of hydrogen-bond acceptors (Lipinski definition) is 2. The Morgan fingerprint density at radius 3 is 2.64 bits per heavy atom. The van der Waals surface area contributed by atoms with E-state index in [1.165, 1.54) is 0 Å². The minimum Gasteiger partial charge on any atom is -0.349 e. The van der Waals surface area contributed by atoms with Crippen molar-refractivity contribution in [3.8, 4) is 0 Å². The van der Waals surface area contributed by atoms with Crippen molar-refractivity contribution in [1.29, 1.82) is 0 Å². The van der Waals surface area contributed by atoms with Crippen LogP contribution in [0.25, 0.3) is 0 Å². The summed E-state index contributed by atoms with van der Waals surface area (Å²) >= 11 is 6.05. The van der Waals surface area contributed by atoms with Gasteiger partial charge in [0.1, 0.15) is 5.92 Å². The van der Waals surface area contributed by atoms with Crippen molar-refractivity contribution < 1.29 is 9.59 Å². The number of hydrogen-bond donors (Lipinski definition) is 1. The van der Waals surface area contributed by atoms with Gasteiger partial charge in [0, 0.05) is 17.3 Å². The molecule has 25 heavy (non-hydrogen) atoms. The molecule has 5 heteroatoms. The number of nitrogens with zero attached hydrogens (tertiary/aromatic N) is 1. The predicted molar refractivity (Wildman–Crippen MR) is 99.6 cm³/mol. The molecule has 0 saturated carbocycles. The molecule has 2 amide bonds. The van der Waals surface area contributed by atoms with Crippen LogP contribution in [0.5, 0.6) is 0 Å². The highest BCUT2D eigenvalue weighted by atomic mass is 35.5. The second-order valence-corrected chi connectivity index (χ2v) is 6.81. The Balaban J connectivity index is 1.69. The first kappa shape index (κ1) is 17.5. The summed E-state index contributed by atoms with van der Waals surface area (Å²) in [5, 5.41) is 3.62. The number of anilines is 1. The Morgan fingerprint density at radius 1 is 1.24 bits per heavy atom. The van der Waals surface area contributed by atoms with E-state index in [0.717, 1.165) is 16.8 Å². The summed E-state index contributed by atoms with van der Waals surface area (Å²) < 4.78 is 0. The summed E-state index contributed by atoms with van der Waals surface area (Å²) in [6, 6.07) is 15.1. The van der Waals surface area contributed by atoms with Crippen LogP contribution in [-0.4, -0.2) is 18.4 Å². The number of nitrogens with one attached hydrogen (secondary N) is 1.